The number of rotatable bonds is 4. The Kier molecular flexibility index (Phi) is 5.82. The molecule has 1 aromatic carbocycles. The van der Waals surface area contributed by atoms with E-state index in [1.807, 2.05) is 0 Å². The van der Waals surface area contributed by atoms with Crippen molar-refractivity contribution in [1.29, 1.82) is 0 Å². The van der Waals surface area contributed by atoms with E-state index in [0.29, 0.717) is 22.6 Å². The Morgan fingerprint density at radius 2 is 1.89 bits per heavy atom. The maximum absolute atomic E-state index is 12.7. The average molecular weight is 385 g/mol. The molecule has 1 aromatic heterocycles. The molecule has 4 atom stereocenters. The zero-order valence-electron chi connectivity index (χ0n) is 16.8. The lowest BCUT2D eigenvalue weighted by molar-refractivity contribution is -0.130. The van der Waals surface area contributed by atoms with Crippen LogP contribution < -0.4 is 10.9 Å². The molecule has 28 heavy (non-hydrogen) atoms. The molecular weight excluding hydrogens is 358 g/mol. The van der Waals surface area contributed by atoms with Crippen molar-refractivity contribution >= 4 is 22.6 Å². The molecule has 0 aliphatic heterocycles. The third kappa shape index (κ3) is 3.93. The number of nitrogens with one attached hydrogen (secondary N) is 1. The van der Waals surface area contributed by atoms with E-state index >= 15 is 0 Å². The number of ether oxygens (including phenoxy) is 1. The van der Waals surface area contributed by atoms with Gasteiger partial charge in [-0.3, -0.25) is 9.59 Å². The zero-order chi connectivity index (χ0) is 20.4. The summed E-state index contributed by atoms with van der Waals surface area (Å²) in [5.41, 5.74) is -0.268. The largest absolute Gasteiger partial charge is 0.448 e. The summed E-state index contributed by atoms with van der Waals surface area (Å²) in [5.74, 6) is -0.0964. The lowest BCUT2D eigenvalue weighted by Gasteiger charge is -2.35. The monoisotopic (exact) mass is 385 g/mol. The van der Waals surface area contributed by atoms with E-state index in [2.05, 4.69) is 24.3 Å². The summed E-state index contributed by atoms with van der Waals surface area (Å²) in [6, 6.07) is 6.83. The molecule has 1 saturated carbocycles. The first-order chi connectivity index (χ1) is 13.3. The number of benzene rings is 1. The quantitative estimate of drug-likeness (QED) is 0.817. The molecular formula is C21H27N3O4. The lowest BCUT2D eigenvalue weighted by Crippen LogP contribution is -2.47. The van der Waals surface area contributed by atoms with E-state index in [0.717, 1.165) is 17.5 Å². The highest BCUT2D eigenvalue weighted by atomic mass is 16.5. The summed E-state index contributed by atoms with van der Waals surface area (Å²) in [6.45, 7) is 5.89. The van der Waals surface area contributed by atoms with Gasteiger partial charge >= 0.3 is 5.97 Å². The van der Waals surface area contributed by atoms with Gasteiger partial charge in [0, 0.05) is 18.5 Å². The van der Waals surface area contributed by atoms with Crippen molar-refractivity contribution in [2.45, 2.75) is 52.2 Å². The van der Waals surface area contributed by atoms with Gasteiger partial charge in [-0.15, -0.1) is 0 Å². The fraction of sp³-hybridized carbons (Fsp3) is 0.524. The van der Waals surface area contributed by atoms with Crippen LogP contribution in [0.4, 0.5) is 0 Å². The number of carbonyl (C=O) groups is 2. The van der Waals surface area contributed by atoms with Crippen molar-refractivity contribution in [2.24, 2.45) is 18.9 Å². The molecule has 0 radical (unpaired) electrons. The second-order valence-electron chi connectivity index (χ2n) is 7.75. The van der Waals surface area contributed by atoms with Crippen LogP contribution in [0.1, 0.15) is 50.5 Å². The molecule has 7 heteroatoms. The molecule has 7 nitrogen and oxygen atoms in total. The maximum atomic E-state index is 12.7. The predicted molar refractivity (Wildman–Crippen MR) is 106 cm³/mol. The number of fused-ring (bicyclic) bond motifs is 1. The topological polar surface area (TPSA) is 90.3 Å². The van der Waals surface area contributed by atoms with Crippen molar-refractivity contribution in [2.75, 3.05) is 0 Å². The number of hydrogen-bond donors (Lipinski definition) is 1. The number of hydrogen-bond acceptors (Lipinski definition) is 5. The molecule has 150 valence electrons. The van der Waals surface area contributed by atoms with Gasteiger partial charge in [-0.25, -0.2) is 9.48 Å². The summed E-state index contributed by atoms with van der Waals surface area (Å²) in [5, 5.41) is 7.87. The third-order valence-corrected chi connectivity index (χ3v) is 5.84. The van der Waals surface area contributed by atoms with Gasteiger partial charge in [0.2, 0.25) is 0 Å². The van der Waals surface area contributed by atoms with Crippen molar-refractivity contribution in [1.82, 2.24) is 15.1 Å². The molecule has 0 saturated heterocycles. The molecule has 2 aromatic rings. The fourth-order valence-corrected chi connectivity index (χ4v) is 3.81. The lowest BCUT2D eigenvalue weighted by atomic mass is 9.78. The Morgan fingerprint density at radius 1 is 1.21 bits per heavy atom. The fourth-order valence-electron chi connectivity index (χ4n) is 3.81. The first-order valence-corrected chi connectivity index (χ1v) is 9.77. The minimum atomic E-state index is -0.949. The van der Waals surface area contributed by atoms with Crippen LogP contribution in [0.15, 0.2) is 29.1 Å². The average Bonchev–Trinajstić information content (AvgIpc) is 2.68. The second kappa shape index (κ2) is 8.12. The normalized spacial score (nSPS) is 23.2. The van der Waals surface area contributed by atoms with Gasteiger partial charge in [-0.1, -0.05) is 44.9 Å². The van der Waals surface area contributed by atoms with Crippen LogP contribution in [0, 0.1) is 11.8 Å². The van der Waals surface area contributed by atoms with Crippen LogP contribution in [0.5, 0.6) is 0 Å². The number of nitrogens with zero attached hydrogens (tertiary/aromatic N) is 2. The Bertz CT molecular complexity index is 952. The van der Waals surface area contributed by atoms with Gasteiger partial charge < -0.3 is 10.1 Å². The van der Waals surface area contributed by atoms with E-state index in [9.17, 15) is 14.4 Å². The van der Waals surface area contributed by atoms with E-state index in [-0.39, 0.29) is 23.2 Å². The summed E-state index contributed by atoms with van der Waals surface area (Å²) in [4.78, 5) is 37.4. The number of amides is 1. The van der Waals surface area contributed by atoms with Gasteiger partial charge in [0.05, 0.1) is 5.39 Å². The molecule has 1 amide bonds. The van der Waals surface area contributed by atoms with Crippen molar-refractivity contribution in [3.8, 4) is 0 Å². The smallest absolute Gasteiger partial charge is 0.360 e. The van der Waals surface area contributed by atoms with Gasteiger partial charge in [-0.2, -0.15) is 5.10 Å². The summed E-state index contributed by atoms with van der Waals surface area (Å²) >= 11 is 0. The molecule has 3 rings (SSSR count). The summed E-state index contributed by atoms with van der Waals surface area (Å²) in [7, 11) is 1.48. The number of carbonyl (C=O) groups excluding carboxylic acids is 2. The van der Waals surface area contributed by atoms with Crippen molar-refractivity contribution in [3.63, 3.8) is 0 Å². The highest BCUT2D eigenvalue weighted by Gasteiger charge is 2.30. The zero-order valence-corrected chi connectivity index (χ0v) is 16.8. The van der Waals surface area contributed by atoms with Crippen LogP contribution in [0.2, 0.25) is 0 Å². The maximum Gasteiger partial charge on any atom is 0.360 e. The Labute approximate surface area is 164 Å². The molecule has 1 N–H and O–H groups in total. The first-order valence-electron chi connectivity index (χ1n) is 9.77. The van der Waals surface area contributed by atoms with Crippen molar-refractivity contribution in [3.05, 3.63) is 40.3 Å². The van der Waals surface area contributed by atoms with Crippen LogP contribution in [-0.4, -0.2) is 33.8 Å². The SMILES string of the molecule is C[C@@H]1[C@@H](C)CCC[C@H]1NC(=O)[C@@H](C)OC(=O)c1nn(C)c(=O)c2ccccc12. The van der Waals surface area contributed by atoms with E-state index in [4.69, 9.17) is 4.74 Å². The molecule has 1 heterocycles. The third-order valence-electron chi connectivity index (χ3n) is 5.84. The molecule has 1 aliphatic carbocycles. The van der Waals surface area contributed by atoms with Crippen LogP contribution in [-0.2, 0) is 16.6 Å². The Hall–Kier alpha value is -2.70. The standard InChI is InChI=1S/C21H27N3O4/c1-12-8-7-11-17(13(12)2)22-19(25)14(3)28-21(27)18-15-9-5-6-10-16(15)20(26)24(4)23-18/h5-6,9-10,12-14,17H,7-8,11H2,1-4H3,(H,22,25)/t12-,13+,14+,17+/m0/s1. The van der Waals surface area contributed by atoms with E-state index in [1.165, 1.54) is 13.5 Å². The molecule has 0 unspecified atom stereocenters. The molecule has 0 bridgehead atoms. The first kappa shape index (κ1) is 20.0. The van der Waals surface area contributed by atoms with Gasteiger partial charge in [0.1, 0.15) is 0 Å². The highest BCUT2D eigenvalue weighted by Crippen LogP contribution is 2.29. The second-order valence-corrected chi connectivity index (χ2v) is 7.75. The molecule has 0 spiro atoms. The Balaban J connectivity index is 1.74. The summed E-state index contributed by atoms with van der Waals surface area (Å²) < 4.78 is 6.48. The molecule has 1 fully saturated rings. The van der Waals surface area contributed by atoms with Crippen LogP contribution >= 0.6 is 0 Å². The van der Waals surface area contributed by atoms with Gasteiger partial charge in [0.15, 0.2) is 11.8 Å². The minimum Gasteiger partial charge on any atom is -0.448 e. The Morgan fingerprint density at radius 3 is 2.61 bits per heavy atom. The van der Waals surface area contributed by atoms with E-state index in [1.54, 1.807) is 31.2 Å². The molecule has 1 aliphatic rings. The minimum absolute atomic E-state index is 0.0250. The highest BCUT2D eigenvalue weighted by molar-refractivity contribution is 6.02. The predicted octanol–water partition coefficient (Wildman–Crippen LogP) is 2.42. The number of aryl methyl sites for hydroxylation is 1. The number of esters is 1. The van der Waals surface area contributed by atoms with Gasteiger partial charge in [-0.05, 0) is 31.2 Å². The van der Waals surface area contributed by atoms with Crippen LogP contribution in [0.25, 0.3) is 10.8 Å². The summed E-state index contributed by atoms with van der Waals surface area (Å²) in [6.07, 6.45) is 2.24. The van der Waals surface area contributed by atoms with Crippen LogP contribution in [0.3, 0.4) is 0 Å². The number of aromatic nitrogens is 2. The van der Waals surface area contributed by atoms with Gasteiger partial charge in [0.25, 0.3) is 11.5 Å². The van der Waals surface area contributed by atoms with Crippen molar-refractivity contribution < 1.29 is 14.3 Å². The van der Waals surface area contributed by atoms with E-state index < -0.39 is 12.1 Å².